The predicted octanol–water partition coefficient (Wildman–Crippen LogP) is 3.30. The molecule has 0 unspecified atom stereocenters. The van der Waals surface area contributed by atoms with Gasteiger partial charge in [0.2, 0.25) is 0 Å². The summed E-state index contributed by atoms with van der Waals surface area (Å²) in [6, 6.07) is 16.1. The molecule has 0 radical (unpaired) electrons. The van der Waals surface area contributed by atoms with Crippen LogP contribution in [-0.2, 0) is 13.1 Å². The molecule has 7 heteroatoms. The van der Waals surface area contributed by atoms with E-state index in [1.54, 1.807) is 13.2 Å². The highest BCUT2D eigenvalue weighted by molar-refractivity contribution is 14.0. The number of hydrogen-bond donors (Lipinski definition) is 2. The lowest BCUT2D eigenvalue weighted by molar-refractivity contribution is 0.172. The Balaban J connectivity index is 0.00000300. The molecule has 2 aromatic carbocycles. The highest BCUT2D eigenvalue weighted by Gasteiger charge is 2.19. The summed E-state index contributed by atoms with van der Waals surface area (Å²) in [7, 11) is 1.56. The van der Waals surface area contributed by atoms with Crippen LogP contribution in [0.3, 0.4) is 0 Å². The minimum atomic E-state index is 0. The van der Waals surface area contributed by atoms with Gasteiger partial charge in [0.05, 0.1) is 13.7 Å². The van der Waals surface area contributed by atoms with E-state index in [1.165, 1.54) is 5.56 Å². The molecule has 0 amide bonds. The van der Waals surface area contributed by atoms with Gasteiger partial charge in [-0.3, -0.25) is 4.90 Å². The van der Waals surface area contributed by atoms with Crippen LogP contribution in [-0.4, -0.2) is 60.7 Å². The van der Waals surface area contributed by atoms with Crippen LogP contribution in [0, 0.1) is 0 Å². The molecule has 2 N–H and O–H groups in total. The standard InChI is InChI=1S/C22H30N4O2.HI/c1-3-23-22(24-16-19-10-7-11-20(28-2)21(19)27)26-14-12-25(13-15-26)17-18-8-5-4-6-9-18;/h4-11,27H,3,12-17H2,1-2H3,(H,23,24);1H. The number of para-hydroxylation sites is 1. The molecule has 0 atom stereocenters. The number of ether oxygens (including phenoxy) is 1. The van der Waals surface area contributed by atoms with Crippen LogP contribution in [0.25, 0.3) is 0 Å². The second-order valence-electron chi connectivity index (χ2n) is 6.89. The molecule has 1 aliphatic heterocycles. The van der Waals surface area contributed by atoms with Gasteiger partial charge in [0.1, 0.15) is 0 Å². The average molecular weight is 510 g/mol. The highest BCUT2D eigenvalue weighted by Crippen LogP contribution is 2.29. The highest BCUT2D eigenvalue weighted by atomic mass is 127. The van der Waals surface area contributed by atoms with Gasteiger partial charge in [-0.2, -0.15) is 0 Å². The fourth-order valence-electron chi connectivity index (χ4n) is 3.41. The van der Waals surface area contributed by atoms with Crippen molar-refractivity contribution >= 4 is 29.9 Å². The van der Waals surface area contributed by atoms with Crippen LogP contribution >= 0.6 is 24.0 Å². The van der Waals surface area contributed by atoms with Crippen molar-refractivity contribution in [2.45, 2.75) is 20.0 Å². The van der Waals surface area contributed by atoms with Gasteiger partial charge in [-0.15, -0.1) is 24.0 Å². The maximum atomic E-state index is 10.3. The van der Waals surface area contributed by atoms with Gasteiger partial charge >= 0.3 is 0 Å². The number of benzene rings is 2. The Morgan fingerprint density at radius 1 is 1.07 bits per heavy atom. The van der Waals surface area contributed by atoms with Crippen molar-refractivity contribution in [3.05, 3.63) is 59.7 Å². The Labute approximate surface area is 190 Å². The van der Waals surface area contributed by atoms with Crippen molar-refractivity contribution in [2.75, 3.05) is 39.8 Å². The van der Waals surface area contributed by atoms with E-state index in [0.29, 0.717) is 12.3 Å². The zero-order chi connectivity index (χ0) is 19.8. The number of aliphatic imine (C=N–C) groups is 1. The van der Waals surface area contributed by atoms with Crippen LogP contribution < -0.4 is 10.1 Å². The molecule has 0 aliphatic carbocycles. The predicted molar refractivity (Wildman–Crippen MR) is 128 cm³/mol. The first kappa shape index (κ1) is 23.3. The fraction of sp³-hybridized carbons (Fsp3) is 0.409. The van der Waals surface area contributed by atoms with E-state index in [0.717, 1.165) is 50.8 Å². The van der Waals surface area contributed by atoms with Gasteiger partial charge in [0.15, 0.2) is 17.5 Å². The molecule has 158 valence electrons. The third kappa shape index (κ3) is 6.50. The summed E-state index contributed by atoms with van der Waals surface area (Å²) in [5.74, 6) is 1.54. The van der Waals surface area contributed by atoms with E-state index in [2.05, 4.69) is 52.4 Å². The van der Waals surface area contributed by atoms with Gasteiger partial charge in [-0.05, 0) is 18.6 Å². The van der Waals surface area contributed by atoms with Crippen molar-refractivity contribution in [3.63, 3.8) is 0 Å². The Kier molecular flexibility index (Phi) is 9.53. The van der Waals surface area contributed by atoms with E-state index < -0.39 is 0 Å². The second kappa shape index (κ2) is 11.9. The summed E-state index contributed by atoms with van der Waals surface area (Å²) in [5, 5.41) is 13.7. The molecule has 29 heavy (non-hydrogen) atoms. The molecule has 1 saturated heterocycles. The SMILES string of the molecule is CCNC(=NCc1cccc(OC)c1O)N1CCN(Cc2ccccc2)CC1.I. The summed E-state index contributed by atoms with van der Waals surface area (Å²) < 4.78 is 5.19. The zero-order valence-corrected chi connectivity index (χ0v) is 19.5. The third-order valence-electron chi connectivity index (χ3n) is 4.96. The molecule has 6 nitrogen and oxygen atoms in total. The van der Waals surface area contributed by atoms with E-state index in [1.807, 2.05) is 12.1 Å². The molecule has 1 heterocycles. The van der Waals surface area contributed by atoms with Crippen molar-refractivity contribution in [3.8, 4) is 11.5 Å². The van der Waals surface area contributed by atoms with E-state index >= 15 is 0 Å². The normalized spacial score (nSPS) is 15.0. The van der Waals surface area contributed by atoms with Gasteiger partial charge in [0, 0.05) is 44.8 Å². The summed E-state index contributed by atoms with van der Waals surface area (Å²) in [6.45, 7) is 8.16. The maximum absolute atomic E-state index is 10.3. The Morgan fingerprint density at radius 2 is 1.79 bits per heavy atom. The maximum Gasteiger partial charge on any atom is 0.194 e. The smallest absolute Gasteiger partial charge is 0.194 e. The van der Waals surface area contributed by atoms with E-state index in [-0.39, 0.29) is 29.7 Å². The van der Waals surface area contributed by atoms with Crippen LogP contribution in [0.4, 0.5) is 0 Å². The first-order valence-electron chi connectivity index (χ1n) is 9.85. The fourth-order valence-corrected chi connectivity index (χ4v) is 3.41. The molecule has 1 aliphatic rings. The number of guanidine groups is 1. The van der Waals surface area contributed by atoms with Crippen molar-refractivity contribution in [1.29, 1.82) is 0 Å². The molecule has 0 bridgehead atoms. The monoisotopic (exact) mass is 510 g/mol. The minimum absolute atomic E-state index is 0. The first-order valence-corrected chi connectivity index (χ1v) is 9.85. The Morgan fingerprint density at radius 3 is 2.45 bits per heavy atom. The minimum Gasteiger partial charge on any atom is -0.504 e. The third-order valence-corrected chi connectivity index (χ3v) is 4.96. The van der Waals surface area contributed by atoms with Gasteiger partial charge in [-0.25, -0.2) is 4.99 Å². The van der Waals surface area contributed by atoms with Crippen LogP contribution in [0.15, 0.2) is 53.5 Å². The van der Waals surface area contributed by atoms with Gasteiger partial charge in [-0.1, -0.05) is 42.5 Å². The number of aromatic hydroxyl groups is 1. The summed E-state index contributed by atoms with van der Waals surface area (Å²) >= 11 is 0. The number of phenolic OH excluding ortho intramolecular Hbond substituents is 1. The summed E-state index contributed by atoms with van der Waals surface area (Å²) in [6.07, 6.45) is 0. The number of nitrogens with zero attached hydrogens (tertiary/aromatic N) is 3. The number of rotatable bonds is 6. The summed E-state index contributed by atoms with van der Waals surface area (Å²) in [4.78, 5) is 9.52. The topological polar surface area (TPSA) is 60.3 Å². The van der Waals surface area contributed by atoms with Crippen LogP contribution in [0.1, 0.15) is 18.1 Å². The number of hydrogen-bond acceptors (Lipinski definition) is 4. The summed E-state index contributed by atoms with van der Waals surface area (Å²) in [5.41, 5.74) is 2.11. The molecular weight excluding hydrogens is 479 g/mol. The number of nitrogens with one attached hydrogen (secondary N) is 1. The molecule has 0 aromatic heterocycles. The number of phenols is 1. The molecule has 3 rings (SSSR count). The molecule has 1 fully saturated rings. The molecule has 2 aromatic rings. The van der Waals surface area contributed by atoms with Crippen LogP contribution in [0.5, 0.6) is 11.5 Å². The number of methoxy groups -OCH3 is 1. The lowest BCUT2D eigenvalue weighted by Crippen LogP contribution is -2.52. The van der Waals surface area contributed by atoms with E-state index in [9.17, 15) is 5.11 Å². The number of piperazine rings is 1. The van der Waals surface area contributed by atoms with Crippen molar-refractivity contribution in [2.24, 2.45) is 4.99 Å². The van der Waals surface area contributed by atoms with Crippen LogP contribution in [0.2, 0.25) is 0 Å². The van der Waals surface area contributed by atoms with E-state index in [4.69, 9.17) is 9.73 Å². The average Bonchev–Trinajstić information content (AvgIpc) is 2.73. The Hall–Kier alpha value is -2.00. The zero-order valence-electron chi connectivity index (χ0n) is 17.2. The van der Waals surface area contributed by atoms with Gasteiger partial charge in [0.25, 0.3) is 0 Å². The molecular formula is C22H31IN4O2. The lowest BCUT2D eigenvalue weighted by Gasteiger charge is -2.36. The largest absolute Gasteiger partial charge is 0.504 e. The molecule has 0 saturated carbocycles. The number of halogens is 1. The Bertz CT molecular complexity index is 778. The molecule has 0 spiro atoms. The lowest BCUT2D eigenvalue weighted by atomic mass is 10.2. The quantitative estimate of drug-likeness (QED) is 0.355. The second-order valence-corrected chi connectivity index (χ2v) is 6.89. The van der Waals surface area contributed by atoms with Gasteiger partial charge < -0.3 is 20.1 Å². The van der Waals surface area contributed by atoms with Crippen molar-refractivity contribution < 1.29 is 9.84 Å². The first-order chi connectivity index (χ1) is 13.7. The van der Waals surface area contributed by atoms with Crippen molar-refractivity contribution in [1.82, 2.24) is 15.1 Å².